The minimum absolute atomic E-state index is 0.190. The summed E-state index contributed by atoms with van der Waals surface area (Å²) in [7, 11) is 0. The zero-order valence-corrected chi connectivity index (χ0v) is 18.1. The molecule has 1 amide bonds. The number of carbonyl (C=O) groups is 1. The smallest absolute Gasteiger partial charge is 0.226 e. The van der Waals surface area contributed by atoms with Gasteiger partial charge in [-0.1, -0.05) is 79.9 Å². The topological polar surface area (TPSA) is 41.1 Å². The fraction of sp³-hybridized carbons (Fsp3) is 0.519. The molecule has 2 aromatic rings. The summed E-state index contributed by atoms with van der Waals surface area (Å²) in [5.74, 6) is 0.673. The summed E-state index contributed by atoms with van der Waals surface area (Å²) in [6.45, 7) is 2.03. The number of piperidine rings is 1. The highest BCUT2D eigenvalue weighted by molar-refractivity contribution is 5.83. The summed E-state index contributed by atoms with van der Waals surface area (Å²) in [5.41, 5.74) is 2.52. The molecule has 2 N–H and O–H groups in total. The van der Waals surface area contributed by atoms with E-state index in [1.165, 1.54) is 30.4 Å². The lowest BCUT2D eigenvalue weighted by Gasteiger charge is -2.39. The Balaban J connectivity index is 1.52. The van der Waals surface area contributed by atoms with E-state index in [2.05, 4.69) is 71.3 Å². The summed E-state index contributed by atoms with van der Waals surface area (Å²) in [5, 5.41) is 6.86. The number of benzene rings is 2. The molecule has 2 aliphatic rings. The van der Waals surface area contributed by atoms with Crippen molar-refractivity contribution in [1.29, 1.82) is 0 Å². The van der Waals surface area contributed by atoms with Gasteiger partial charge in [0.15, 0.2) is 0 Å². The molecule has 3 heteroatoms. The van der Waals surface area contributed by atoms with Crippen molar-refractivity contribution >= 4 is 5.91 Å². The van der Waals surface area contributed by atoms with Crippen LogP contribution in [0.5, 0.6) is 0 Å². The van der Waals surface area contributed by atoms with E-state index in [-0.39, 0.29) is 5.41 Å². The highest BCUT2D eigenvalue weighted by atomic mass is 16.2. The number of amides is 1. The summed E-state index contributed by atoms with van der Waals surface area (Å²) in [4.78, 5) is 13.5. The standard InChI is InChI=1S/C27H36N2O/c30-26(29-24-15-20-28-21-16-24)27(17-8-3-9-18-27)19-14-25(22-10-4-1-5-11-22)23-12-6-2-7-13-23/h1-2,4-7,10-13,24-25,28H,3,8-9,14-21H2,(H,29,30). The lowest BCUT2D eigenvalue weighted by atomic mass is 9.68. The van der Waals surface area contributed by atoms with Crippen LogP contribution in [0.1, 0.15) is 74.8 Å². The van der Waals surface area contributed by atoms with Gasteiger partial charge in [0, 0.05) is 17.4 Å². The lowest BCUT2D eigenvalue weighted by molar-refractivity contribution is -0.134. The molecule has 0 spiro atoms. The molecule has 160 valence electrons. The average Bonchev–Trinajstić information content (AvgIpc) is 2.82. The van der Waals surface area contributed by atoms with Gasteiger partial charge in [0.2, 0.25) is 5.91 Å². The molecule has 0 unspecified atom stereocenters. The van der Waals surface area contributed by atoms with Crippen LogP contribution in [0.4, 0.5) is 0 Å². The molecule has 1 aliphatic heterocycles. The SMILES string of the molecule is O=C(NC1CCNCC1)C1(CCC(c2ccccc2)c2ccccc2)CCCCC1. The molecular formula is C27H36N2O. The zero-order chi connectivity index (χ0) is 20.7. The number of rotatable bonds is 7. The quantitative estimate of drug-likeness (QED) is 0.647. The molecule has 1 aliphatic carbocycles. The van der Waals surface area contributed by atoms with Crippen LogP contribution < -0.4 is 10.6 Å². The van der Waals surface area contributed by atoms with Gasteiger partial charge in [0.1, 0.15) is 0 Å². The minimum atomic E-state index is -0.190. The Kier molecular flexibility index (Phi) is 7.22. The van der Waals surface area contributed by atoms with Gasteiger partial charge < -0.3 is 10.6 Å². The van der Waals surface area contributed by atoms with E-state index in [0.29, 0.717) is 17.9 Å². The predicted molar refractivity (Wildman–Crippen MR) is 124 cm³/mol. The Hall–Kier alpha value is -2.13. The summed E-state index contributed by atoms with van der Waals surface area (Å²) in [6, 6.07) is 22.0. The Bertz CT molecular complexity index is 738. The lowest BCUT2D eigenvalue weighted by Crippen LogP contribution is -2.49. The van der Waals surface area contributed by atoms with E-state index < -0.39 is 0 Å². The first-order valence-corrected chi connectivity index (χ1v) is 11.9. The first-order chi connectivity index (χ1) is 14.8. The van der Waals surface area contributed by atoms with Crippen LogP contribution in [0.2, 0.25) is 0 Å². The van der Waals surface area contributed by atoms with Crippen molar-refractivity contribution in [2.24, 2.45) is 5.41 Å². The fourth-order valence-corrected chi connectivity index (χ4v) is 5.44. The molecule has 3 nitrogen and oxygen atoms in total. The third-order valence-corrected chi connectivity index (χ3v) is 7.28. The summed E-state index contributed by atoms with van der Waals surface area (Å²) < 4.78 is 0. The maximum absolute atomic E-state index is 13.5. The number of nitrogens with one attached hydrogen (secondary N) is 2. The van der Waals surface area contributed by atoms with Gasteiger partial charge in [-0.25, -0.2) is 0 Å². The van der Waals surface area contributed by atoms with Crippen LogP contribution in [0.15, 0.2) is 60.7 Å². The Labute approximate surface area is 181 Å². The van der Waals surface area contributed by atoms with E-state index in [0.717, 1.165) is 51.6 Å². The second-order valence-corrected chi connectivity index (χ2v) is 9.25. The molecule has 1 saturated heterocycles. The van der Waals surface area contributed by atoms with Gasteiger partial charge in [-0.2, -0.15) is 0 Å². The van der Waals surface area contributed by atoms with Crippen molar-refractivity contribution in [2.75, 3.05) is 13.1 Å². The highest BCUT2D eigenvalue weighted by Gasteiger charge is 2.40. The first kappa shape index (κ1) is 21.1. The van der Waals surface area contributed by atoms with E-state index in [4.69, 9.17) is 0 Å². The molecule has 30 heavy (non-hydrogen) atoms. The van der Waals surface area contributed by atoms with Crippen molar-refractivity contribution in [3.8, 4) is 0 Å². The molecule has 0 bridgehead atoms. The minimum Gasteiger partial charge on any atom is -0.353 e. The maximum atomic E-state index is 13.5. The normalized spacial score (nSPS) is 19.5. The average molecular weight is 405 g/mol. The van der Waals surface area contributed by atoms with Crippen LogP contribution in [-0.4, -0.2) is 25.0 Å². The van der Waals surface area contributed by atoms with Gasteiger partial charge in [-0.15, -0.1) is 0 Å². The number of hydrogen-bond donors (Lipinski definition) is 2. The maximum Gasteiger partial charge on any atom is 0.226 e. The van der Waals surface area contributed by atoms with Crippen LogP contribution in [0.3, 0.4) is 0 Å². The summed E-state index contributed by atoms with van der Waals surface area (Å²) >= 11 is 0. The molecule has 2 fully saturated rings. The molecule has 1 saturated carbocycles. The third-order valence-electron chi connectivity index (χ3n) is 7.28. The van der Waals surface area contributed by atoms with E-state index in [9.17, 15) is 4.79 Å². The molecule has 0 radical (unpaired) electrons. The highest BCUT2D eigenvalue weighted by Crippen LogP contribution is 2.43. The van der Waals surface area contributed by atoms with Crippen molar-refractivity contribution in [3.05, 3.63) is 71.8 Å². The third kappa shape index (κ3) is 5.13. The molecule has 0 aromatic heterocycles. The second kappa shape index (κ2) is 10.3. The molecular weight excluding hydrogens is 368 g/mol. The van der Waals surface area contributed by atoms with Crippen LogP contribution in [0, 0.1) is 5.41 Å². The van der Waals surface area contributed by atoms with Gasteiger partial charge in [-0.3, -0.25) is 4.79 Å². The Morgan fingerprint density at radius 1 is 0.900 bits per heavy atom. The van der Waals surface area contributed by atoms with E-state index in [1.807, 2.05) is 0 Å². The van der Waals surface area contributed by atoms with Crippen LogP contribution >= 0.6 is 0 Å². The Morgan fingerprint density at radius 3 is 2.03 bits per heavy atom. The second-order valence-electron chi connectivity index (χ2n) is 9.25. The van der Waals surface area contributed by atoms with E-state index >= 15 is 0 Å². The molecule has 0 atom stereocenters. The number of carbonyl (C=O) groups excluding carboxylic acids is 1. The van der Waals surface area contributed by atoms with Crippen LogP contribution in [-0.2, 0) is 4.79 Å². The number of hydrogen-bond acceptors (Lipinski definition) is 2. The fourth-order valence-electron chi connectivity index (χ4n) is 5.44. The molecule has 4 rings (SSSR count). The first-order valence-electron chi connectivity index (χ1n) is 11.9. The zero-order valence-electron chi connectivity index (χ0n) is 18.1. The summed E-state index contributed by atoms with van der Waals surface area (Å²) in [6.07, 6.45) is 9.81. The van der Waals surface area contributed by atoms with Crippen molar-refractivity contribution in [3.63, 3.8) is 0 Å². The van der Waals surface area contributed by atoms with Crippen LogP contribution in [0.25, 0.3) is 0 Å². The van der Waals surface area contributed by atoms with Gasteiger partial charge in [0.25, 0.3) is 0 Å². The van der Waals surface area contributed by atoms with Gasteiger partial charge in [-0.05, 0) is 62.7 Å². The largest absolute Gasteiger partial charge is 0.353 e. The van der Waals surface area contributed by atoms with Crippen molar-refractivity contribution in [2.45, 2.75) is 69.7 Å². The molecule has 1 heterocycles. The Morgan fingerprint density at radius 2 is 1.47 bits per heavy atom. The van der Waals surface area contributed by atoms with Gasteiger partial charge in [0.05, 0.1) is 0 Å². The van der Waals surface area contributed by atoms with E-state index in [1.54, 1.807) is 0 Å². The monoisotopic (exact) mass is 404 g/mol. The van der Waals surface area contributed by atoms with Gasteiger partial charge >= 0.3 is 0 Å². The molecule has 2 aromatic carbocycles. The van der Waals surface area contributed by atoms with Crippen molar-refractivity contribution in [1.82, 2.24) is 10.6 Å². The van der Waals surface area contributed by atoms with Crippen molar-refractivity contribution < 1.29 is 4.79 Å². The predicted octanol–water partition coefficient (Wildman–Crippen LogP) is 5.42.